The monoisotopic (exact) mass is 363 g/mol. The third kappa shape index (κ3) is 3.36. The van der Waals surface area contributed by atoms with E-state index in [0.29, 0.717) is 17.4 Å². The zero-order chi connectivity index (χ0) is 19.1. The van der Waals surface area contributed by atoms with Crippen molar-refractivity contribution in [2.75, 3.05) is 4.90 Å². The van der Waals surface area contributed by atoms with Crippen LogP contribution in [0.4, 0.5) is 5.69 Å². The second-order valence-electron chi connectivity index (χ2n) is 8.06. The molecule has 27 heavy (non-hydrogen) atoms. The van der Waals surface area contributed by atoms with Crippen molar-refractivity contribution < 1.29 is 14.3 Å². The third-order valence-electron chi connectivity index (χ3n) is 5.71. The fraction of sp³-hybridized carbons (Fsp3) is 0.391. The van der Waals surface area contributed by atoms with Gasteiger partial charge in [0.25, 0.3) is 0 Å². The van der Waals surface area contributed by atoms with Crippen molar-refractivity contribution in [2.45, 2.75) is 40.0 Å². The van der Waals surface area contributed by atoms with Crippen molar-refractivity contribution in [2.24, 2.45) is 17.8 Å². The quantitative estimate of drug-likeness (QED) is 0.719. The van der Waals surface area contributed by atoms with E-state index >= 15 is 0 Å². The molecular weight excluding hydrogens is 338 g/mol. The first-order valence-electron chi connectivity index (χ1n) is 9.66. The van der Waals surface area contributed by atoms with E-state index in [1.807, 2.05) is 38.1 Å². The lowest BCUT2D eigenvalue weighted by Crippen LogP contribution is -2.30. The Balaban J connectivity index is 1.53. The van der Waals surface area contributed by atoms with Crippen LogP contribution in [0, 0.1) is 31.6 Å². The molecule has 2 fully saturated rings. The Bertz CT molecular complexity index is 867. The average Bonchev–Trinajstić information content (AvgIpc) is 2.85. The van der Waals surface area contributed by atoms with Gasteiger partial charge in [0.1, 0.15) is 11.5 Å². The molecule has 1 aliphatic carbocycles. The Morgan fingerprint density at radius 1 is 0.852 bits per heavy atom. The maximum Gasteiger partial charge on any atom is 0.237 e. The number of nitrogens with zero attached hydrogens (tertiary/aromatic N) is 1. The van der Waals surface area contributed by atoms with Gasteiger partial charge in [-0.1, -0.05) is 13.0 Å². The summed E-state index contributed by atoms with van der Waals surface area (Å²) >= 11 is 0. The Labute approximate surface area is 160 Å². The lowest BCUT2D eigenvalue weighted by atomic mass is 9.76. The van der Waals surface area contributed by atoms with Gasteiger partial charge in [0.2, 0.25) is 11.8 Å². The van der Waals surface area contributed by atoms with E-state index in [1.165, 1.54) is 4.90 Å². The van der Waals surface area contributed by atoms with E-state index in [4.69, 9.17) is 4.74 Å². The number of aryl methyl sites for hydroxylation is 2. The molecule has 2 aromatic carbocycles. The van der Waals surface area contributed by atoms with Crippen LogP contribution >= 0.6 is 0 Å². The van der Waals surface area contributed by atoms with Crippen LogP contribution < -0.4 is 9.64 Å². The highest BCUT2D eigenvalue weighted by Crippen LogP contribution is 2.42. The zero-order valence-electron chi connectivity index (χ0n) is 16.1. The van der Waals surface area contributed by atoms with Gasteiger partial charge in [0, 0.05) is 0 Å². The second kappa shape index (κ2) is 6.84. The first kappa shape index (κ1) is 17.8. The number of carbonyl (C=O) groups excluding carboxylic acids is 2. The largest absolute Gasteiger partial charge is 0.457 e. The molecule has 0 N–H and O–H groups in total. The van der Waals surface area contributed by atoms with Gasteiger partial charge in [-0.3, -0.25) is 14.5 Å². The number of rotatable bonds is 3. The van der Waals surface area contributed by atoms with Crippen molar-refractivity contribution in [1.82, 2.24) is 0 Å². The predicted molar refractivity (Wildman–Crippen MR) is 105 cm³/mol. The summed E-state index contributed by atoms with van der Waals surface area (Å²) in [6.45, 7) is 6.23. The zero-order valence-corrected chi connectivity index (χ0v) is 16.1. The first-order chi connectivity index (χ1) is 12.9. The van der Waals surface area contributed by atoms with Gasteiger partial charge < -0.3 is 4.74 Å². The Hall–Kier alpha value is -2.62. The number of hydrogen-bond acceptors (Lipinski definition) is 3. The number of fused-ring (bicyclic) bond motifs is 1. The molecule has 0 aromatic heterocycles. The van der Waals surface area contributed by atoms with Gasteiger partial charge in [0.15, 0.2) is 0 Å². The summed E-state index contributed by atoms with van der Waals surface area (Å²) < 4.78 is 5.93. The fourth-order valence-corrected chi connectivity index (χ4v) is 4.44. The van der Waals surface area contributed by atoms with Crippen LogP contribution in [0.1, 0.15) is 37.3 Å². The van der Waals surface area contributed by atoms with Crippen molar-refractivity contribution in [3.63, 3.8) is 0 Å². The minimum absolute atomic E-state index is 0.0418. The Morgan fingerprint density at radius 2 is 1.48 bits per heavy atom. The number of anilines is 1. The van der Waals surface area contributed by atoms with Crippen molar-refractivity contribution in [1.29, 1.82) is 0 Å². The van der Waals surface area contributed by atoms with Crippen molar-refractivity contribution >= 4 is 17.5 Å². The summed E-state index contributed by atoms with van der Waals surface area (Å²) in [5.74, 6) is 1.62. The first-order valence-corrected chi connectivity index (χ1v) is 9.66. The van der Waals surface area contributed by atoms with Crippen LogP contribution in [-0.2, 0) is 9.59 Å². The van der Waals surface area contributed by atoms with Crippen LogP contribution in [0.5, 0.6) is 11.5 Å². The third-order valence-corrected chi connectivity index (χ3v) is 5.71. The highest BCUT2D eigenvalue weighted by Gasteiger charge is 2.49. The summed E-state index contributed by atoms with van der Waals surface area (Å²) in [6, 6.07) is 13.3. The molecule has 1 saturated heterocycles. The van der Waals surface area contributed by atoms with Crippen LogP contribution in [0.2, 0.25) is 0 Å². The van der Waals surface area contributed by atoms with Crippen LogP contribution in [-0.4, -0.2) is 11.8 Å². The molecule has 1 saturated carbocycles. The van der Waals surface area contributed by atoms with E-state index in [-0.39, 0.29) is 23.7 Å². The second-order valence-corrected chi connectivity index (χ2v) is 8.06. The van der Waals surface area contributed by atoms with Gasteiger partial charge >= 0.3 is 0 Å². The fourth-order valence-electron chi connectivity index (χ4n) is 4.44. The van der Waals surface area contributed by atoms with E-state index in [9.17, 15) is 9.59 Å². The molecule has 3 atom stereocenters. The van der Waals surface area contributed by atoms with Gasteiger partial charge in [-0.25, -0.2) is 0 Å². The molecule has 0 spiro atoms. The highest BCUT2D eigenvalue weighted by molar-refractivity contribution is 6.22. The lowest BCUT2D eigenvalue weighted by Gasteiger charge is -2.25. The summed E-state index contributed by atoms with van der Waals surface area (Å²) in [5.41, 5.74) is 2.93. The normalized spacial score (nSPS) is 24.9. The molecule has 1 heterocycles. The number of benzene rings is 2. The minimum Gasteiger partial charge on any atom is -0.457 e. The van der Waals surface area contributed by atoms with Crippen molar-refractivity contribution in [3.8, 4) is 11.5 Å². The molecule has 4 nitrogen and oxygen atoms in total. The Morgan fingerprint density at radius 3 is 2.15 bits per heavy atom. The SMILES string of the molecule is Cc1cc(C)cc(Oc2ccc(N3C(=O)[C@H]4C[C@@H](C)CC[C@H]4C3=O)cc2)c1. The van der Waals surface area contributed by atoms with Crippen LogP contribution in [0.25, 0.3) is 0 Å². The van der Waals surface area contributed by atoms with Gasteiger partial charge in [0.05, 0.1) is 17.5 Å². The summed E-state index contributed by atoms with van der Waals surface area (Å²) in [6.07, 6.45) is 2.66. The van der Waals surface area contributed by atoms with E-state index < -0.39 is 0 Å². The maximum absolute atomic E-state index is 12.8. The average molecular weight is 363 g/mol. The lowest BCUT2D eigenvalue weighted by molar-refractivity contribution is -0.122. The summed E-state index contributed by atoms with van der Waals surface area (Å²) in [4.78, 5) is 27.0. The van der Waals surface area contributed by atoms with Gasteiger partial charge in [-0.2, -0.15) is 0 Å². The molecule has 2 aliphatic rings. The molecule has 0 unspecified atom stereocenters. The molecular formula is C23H25NO3. The van der Waals surface area contributed by atoms with E-state index in [1.54, 1.807) is 12.1 Å². The minimum atomic E-state index is -0.146. The molecule has 2 aromatic rings. The molecule has 0 bridgehead atoms. The number of carbonyl (C=O) groups is 2. The highest BCUT2D eigenvalue weighted by atomic mass is 16.5. The van der Waals surface area contributed by atoms with Gasteiger partial charge in [-0.05, 0) is 86.6 Å². The molecule has 2 amide bonds. The standard InChI is InChI=1S/C23H25NO3/c1-14-4-9-20-21(13-14)23(26)24(22(20)25)17-5-7-18(8-6-17)27-19-11-15(2)10-16(3)12-19/h5-8,10-12,14,20-21H,4,9,13H2,1-3H3/t14-,20+,21-/m0/s1. The van der Waals surface area contributed by atoms with E-state index in [0.717, 1.165) is 36.1 Å². The number of amides is 2. The predicted octanol–water partition coefficient (Wildman–Crippen LogP) is 5.02. The van der Waals surface area contributed by atoms with Crippen LogP contribution in [0.3, 0.4) is 0 Å². The molecule has 140 valence electrons. The smallest absolute Gasteiger partial charge is 0.237 e. The van der Waals surface area contributed by atoms with Crippen LogP contribution in [0.15, 0.2) is 42.5 Å². The summed E-state index contributed by atoms with van der Waals surface area (Å²) in [5, 5.41) is 0. The maximum atomic E-state index is 12.8. The Kier molecular flexibility index (Phi) is 4.50. The number of ether oxygens (including phenoxy) is 1. The molecule has 4 rings (SSSR count). The van der Waals surface area contributed by atoms with E-state index in [2.05, 4.69) is 13.0 Å². The van der Waals surface area contributed by atoms with Gasteiger partial charge in [-0.15, -0.1) is 0 Å². The molecule has 0 radical (unpaired) electrons. The topological polar surface area (TPSA) is 46.6 Å². The molecule has 4 heteroatoms. The summed E-state index contributed by atoms with van der Waals surface area (Å²) in [7, 11) is 0. The number of hydrogen-bond donors (Lipinski definition) is 0. The van der Waals surface area contributed by atoms with Crippen molar-refractivity contribution in [3.05, 3.63) is 53.6 Å². The molecule has 1 aliphatic heterocycles. The number of imide groups is 1.